The van der Waals surface area contributed by atoms with Crippen LogP contribution in [0, 0.1) is 0 Å². The maximum Gasteiger partial charge on any atom is 0.347 e. The van der Waals surface area contributed by atoms with Crippen molar-refractivity contribution >= 4 is 50.3 Å². The van der Waals surface area contributed by atoms with E-state index in [1.54, 1.807) is 12.1 Å². The number of benzene rings is 3. The first kappa shape index (κ1) is 18.7. The number of aromatic nitrogens is 2. The third kappa shape index (κ3) is 2.88. The summed E-state index contributed by atoms with van der Waals surface area (Å²) in [4.78, 5) is 30.4. The van der Waals surface area contributed by atoms with Gasteiger partial charge in [-0.25, -0.2) is 9.78 Å². The van der Waals surface area contributed by atoms with E-state index >= 15 is 0 Å². The minimum atomic E-state index is -0.651. The number of ether oxygens (including phenoxy) is 1. The molecule has 0 spiro atoms. The Morgan fingerprint density at radius 1 is 0.938 bits per heavy atom. The Kier molecular flexibility index (Phi) is 4.10. The van der Waals surface area contributed by atoms with Gasteiger partial charge in [-0.15, -0.1) is 11.3 Å². The van der Waals surface area contributed by atoms with Gasteiger partial charge in [-0.2, -0.15) is 0 Å². The SMILES string of the molecule is Cn1c(-c2ccccc2)cc2sc(/C=C3\C(=O)Oc4cc5ccccc5cc4C3=O)nc21. The molecule has 0 radical (unpaired) electrons. The molecule has 32 heavy (non-hydrogen) atoms. The lowest BCUT2D eigenvalue weighted by Gasteiger charge is -2.17. The smallest absolute Gasteiger partial charge is 0.347 e. The molecule has 2 aromatic heterocycles. The summed E-state index contributed by atoms with van der Waals surface area (Å²) in [7, 11) is 1.96. The monoisotopic (exact) mass is 436 g/mol. The van der Waals surface area contributed by atoms with Crippen molar-refractivity contribution in [2.75, 3.05) is 0 Å². The second-order valence-corrected chi connectivity index (χ2v) is 8.73. The molecule has 0 amide bonds. The van der Waals surface area contributed by atoms with Crippen molar-refractivity contribution in [2.24, 2.45) is 7.05 Å². The summed E-state index contributed by atoms with van der Waals surface area (Å²) in [5.74, 6) is -0.694. The van der Waals surface area contributed by atoms with Gasteiger partial charge in [-0.3, -0.25) is 4.79 Å². The molecule has 0 bridgehead atoms. The van der Waals surface area contributed by atoms with E-state index in [2.05, 4.69) is 23.2 Å². The maximum atomic E-state index is 13.1. The van der Waals surface area contributed by atoms with Crippen molar-refractivity contribution in [1.29, 1.82) is 0 Å². The number of fused-ring (bicyclic) bond motifs is 3. The Balaban J connectivity index is 1.41. The molecule has 0 N–H and O–H groups in total. The van der Waals surface area contributed by atoms with Crippen LogP contribution < -0.4 is 4.74 Å². The van der Waals surface area contributed by atoms with Crippen LogP contribution in [-0.4, -0.2) is 21.3 Å². The Hall–Kier alpha value is -4.03. The molecule has 0 unspecified atom stereocenters. The number of ketones is 1. The molecule has 1 aliphatic rings. The lowest BCUT2D eigenvalue weighted by atomic mass is 9.96. The molecular weight excluding hydrogens is 420 g/mol. The number of aryl methyl sites for hydroxylation is 1. The summed E-state index contributed by atoms with van der Waals surface area (Å²) < 4.78 is 8.50. The molecule has 5 nitrogen and oxygen atoms in total. The molecule has 3 heterocycles. The van der Waals surface area contributed by atoms with E-state index in [1.807, 2.05) is 54.1 Å². The van der Waals surface area contributed by atoms with Gasteiger partial charge in [-0.1, -0.05) is 54.6 Å². The second-order valence-electron chi connectivity index (χ2n) is 7.67. The summed E-state index contributed by atoms with van der Waals surface area (Å²) in [5.41, 5.74) is 3.36. The molecule has 6 heteroatoms. The average Bonchev–Trinajstić information content (AvgIpc) is 3.34. The van der Waals surface area contributed by atoms with Crippen LogP contribution in [0.2, 0.25) is 0 Å². The van der Waals surface area contributed by atoms with E-state index < -0.39 is 5.97 Å². The first-order valence-corrected chi connectivity index (χ1v) is 10.9. The molecule has 3 aromatic carbocycles. The van der Waals surface area contributed by atoms with Gasteiger partial charge >= 0.3 is 5.97 Å². The number of hydrogen-bond acceptors (Lipinski definition) is 5. The number of thiazole rings is 1. The molecule has 0 saturated heterocycles. The highest BCUT2D eigenvalue weighted by Crippen LogP contribution is 2.35. The van der Waals surface area contributed by atoms with Crippen LogP contribution in [-0.2, 0) is 11.8 Å². The van der Waals surface area contributed by atoms with Crippen LogP contribution in [0.1, 0.15) is 15.4 Å². The highest BCUT2D eigenvalue weighted by atomic mass is 32.1. The van der Waals surface area contributed by atoms with Crippen molar-refractivity contribution in [3.05, 3.63) is 88.9 Å². The van der Waals surface area contributed by atoms with Crippen molar-refractivity contribution in [3.8, 4) is 17.0 Å². The van der Waals surface area contributed by atoms with Gasteiger partial charge in [0.25, 0.3) is 0 Å². The van der Waals surface area contributed by atoms with E-state index in [0.29, 0.717) is 16.3 Å². The zero-order valence-electron chi connectivity index (χ0n) is 17.0. The number of rotatable bonds is 2. The topological polar surface area (TPSA) is 61.2 Å². The minimum absolute atomic E-state index is 0.00452. The van der Waals surface area contributed by atoms with E-state index in [-0.39, 0.29) is 11.4 Å². The summed E-state index contributed by atoms with van der Waals surface area (Å²) in [6.07, 6.45) is 1.54. The van der Waals surface area contributed by atoms with Crippen LogP contribution in [0.15, 0.2) is 78.4 Å². The van der Waals surface area contributed by atoms with Crippen molar-refractivity contribution in [1.82, 2.24) is 9.55 Å². The number of esters is 1. The standard InChI is InChI=1S/C26H16N2O3S/c1-28-20(15-7-3-2-4-8-15)14-22-25(28)27-23(32-22)13-19-24(29)18-11-16-9-5-6-10-17(16)12-21(18)31-26(19)30/h2-14H,1H3/b19-13-. The number of carbonyl (C=O) groups excluding carboxylic acids is 2. The van der Waals surface area contributed by atoms with Crippen molar-refractivity contribution < 1.29 is 14.3 Å². The van der Waals surface area contributed by atoms with E-state index in [1.165, 1.54) is 17.4 Å². The fourth-order valence-electron chi connectivity index (χ4n) is 4.08. The molecule has 0 fully saturated rings. The highest BCUT2D eigenvalue weighted by Gasteiger charge is 2.31. The first-order valence-electron chi connectivity index (χ1n) is 10.1. The van der Waals surface area contributed by atoms with Gasteiger partial charge in [-0.05, 0) is 40.6 Å². The van der Waals surface area contributed by atoms with E-state index in [4.69, 9.17) is 4.74 Å². The fourth-order valence-corrected chi connectivity index (χ4v) is 5.06. The number of Topliss-reactive ketones (excluding diaryl/α,β-unsaturated/α-hetero) is 1. The van der Waals surface area contributed by atoms with Crippen LogP contribution in [0.4, 0.5) is 0 Å². The fraction of sp³-hybridized carbons (Fsp3) is 0.0385. The Morgan fingerprint density at radius 2 is 1.66 bits per heavy atom. The molecule has 6 rings (SSSR count). The predicted molar refractivity (Wildman–Crippen MR) is 126 cm³/mol. The highest BCUT2D eigenvalue weighted by molar-refractivity contribution is 7.19. The van der Waals surface area contributed by atoms with Crippen molar-refractivity contribution in [3.63, 3.8) is 0 Å². The van der Waals surface area contributed by atoms with Crippen LogP contribution in [0.25, 0.3) is 38.5 Å². The predicted octanol–water partition coefficient (Wildman–Crippen LogP) is 5.64. The number of nitrogens with zero attached hydrogens (tertiary/aromatic N) is 2. The molecule has 5 aromatic rings. The van der Waals surface area contributed by atoms with Crippen LogP contribution in [0.3, 0.4) is 0 Å². The lowest BCUT2D eigenvalue weighted by Crippen LogP contribution is -2.25. The van der Waals surface area contributed by atoms with Gasteiger partial charge in [0, 0.05) is 7.05 Å². The van der Waals surface area contributed by atoms with Gasteiger partial charge in [0.1, 0.15) is 16.3 Å². The Morgan fingerprint density at radius 3 is 2.41 bits per heavy atom. The molecule has 154 valence electrons. The third-order valence-electron chi connectivity index (χ3n) is 5.69. The Bertz CT molecular complexity index is 1590. The molecule has 0 aliphatic carbocycles. The molecular formula is C26H16N2O3S. The molecule has 1 aliphatic heterocycles. The number of hydrogen-bond donors (Lipinski definition) is 0. The maximum absolute atomic E-state index is 13.1. The second kappa shape index (κ2) is 7.00. The zero-order chi connectivity index (χ0) is 21.8. The summed E-state index contributed by atoms with van der Waals surface area (Å²) >= 11 is 1.44. The van der Waals surface area contributed by atoms with E-state index in [9.17, 15) is 9.59 Å². The van der Waals surface area contributed by atoms with Gasteiger partial charge in [0.2, 0.25) is 5.78 Å². The quantitative estimate of drug-likeness (QED) is 0.155. The van der Waals surface area contributed by atoms with Crippen LogP contribution >= 0.6 is 11.3 Å². The summed E-state index contributed by atoms with van der Waals surface area (Å²) in [6.45, 7) is 0. The zero-order valence-corrected chi connectivity index (χ0v) is 17.8. The van der Waals surface area contributed by atoms with Crippen molar-refractivity contribution in [2.45, 2.75) is 0 Å². The van der Waals surface area contributed by atoms with E-state index in [0.717, 1.165) is 32.4 Å². The third-order valence-corrected chi connectivity index (χ3v) is 6.63. The van der Waals surface area contributed by atoms with Gasteiger partial charge < -0.3 is 9.30 Å². The molecule has 0 atom stereocenters. The van der Waals surface area contributed by atoms with Gasteiger partial charge in [0.05, 0.1) is 16.0 Å². The first-order chi connectivity index (χ1) is 15.6. The minimum Gasteiger partial charge on any atom is -0.422 e. The largest absolute Gasteiger partial charge is 0.422 e. The lowest BCUT2D eigenvalue weighted by molar-refractivity contribution is -0.130. The number of carbonyl (C=O) groups is 2. The normalized spacial score (nSPS) is 14.8. The summed E-state index contributed by atoms with van der Waals surface area (Å²) in [5, 5.41) is 2.43. The van der Waals surface area contributed by atoms with Crippen LogP contribution in [0.5, 0.6) is 5.75 Å². The average molecular weight is 436 g/mol. The summed E-state index contributed by atoms with van der Waals surface area (Å²) in [6, 6.07) is 23.4. The van der Waals surface area contributed by atoms with Gasteiger partial charge in [0.15, 0.2) is 5.65 Å². The molecule has 0 saturated carbocycles. The Labute approximate surface area is 187 Å².